The second kappa shape index (κ2) is 4.24. The number of hydrogen-bond acceptors (Lipinski definition) is 5. The first-order valence-corrected chi connectivity index (χ1v) is 4.36. The van der Waals surface area contributed by atoms with Crippen molar-refractivity contribution in [3.63, 3.8) is 0 Å². The van der Waals surface area contributed by atoms with Gasteiger partial charge in [0.05, 0.1) is 12.5 Å². The van der Waals surface area contributed by atoms with E-state index in [9.17, 15) is 0 Å². The normalized spacial score (nSPS) is 9.53. The standard InChI is InChI=1S/C10H8N4O/c11-5-9-10(13-3-2-12-9)14-6-8-1-4-15-7-8/h1-4,7H,6H2,(H,13,14). The van der Waals surface area contributed by atoms with Crippen LogP contribution in [0, 0.1) is 11.3 Å². The van der Waals surface area contributed by atoms with Crippen molar-refractivity contribution in [2.75, 3.05) is 5.32 Å². The van der Waals surface area contributed by atoms with E-state index < -0.39 is 0 Å². The molecule has 0 unspecified atom stereocenters. The van der Waals surface area contributed by atoms with Crippen LogP contribution in [0.25, 0.3) is 0 Å². The Bertz CT molecular complexity index is 472. The summed E-state index contributed by atoms with van der Waals surface area (Å²) in [5, 5.41) is 11.8. The van der Waals surface area contributed by atoms with Crippen molar-refractivity contribution in [2.45, 2.75) is 6.54 Å². The van der Waals surface area contributed by atoms with Crippen molar-refractivity contribution >= 4 is 5.82 Å². The maximum Gasteiger partial charge on any atom is 0.182 e. The molecule has 0 spiro atoms. The van der Waals surface area contributed by atoms with Gasteiger partial charge in [-0.05, 0) is 6.07 Å². The zero-order valence-corrected chi connectivity index (χ0v) is 7.84. The van der Waals surface area contributed by atoms with Crippen LogP contribution < -0.4 is 5.32 Å². The summed E-state index contributed by atoms with van der Waals surface area (Å²) in [6.07, 6.45) is 6.26. The van der Waals surface area contributed by atoms with Crippen molar-refractivity contribution in [3.8, 4) is 6.07 Å². The zero-order chi connectivity index (χ0) is 10.5. The number of hydrogen-bond donors (Lipinski definition) is 1. The number of nitrogens with one attached hydrogen (secondary N) is 1. The molecule has 0 aliphatic rings. The van der Waals surface area contributed by atoms with Crippen molar-refractivity contribution in [1.29, 1.82) is 5.26 Å². The number of nitrogens with zero attached hydrogens (tertiary/aromatic N) is 3. The summed E-state index contributed by atoms with van der Waals surface area (Å²) in [4.78, 5) is 7.91. The van der Waals surface area contributed by atoms with E-state index in [0.29, 0.717) is 18.1 Å². The van der Waals surface area contributed by atoms with Gasteiger partial charge in [-0.3, -0.25) is 0 Å². The smallest absolute Gasteiger partial charge is 0.182 e. The molecule has 5 nitrogen and oxygen atoms in total. The first-order chi connectivity index (χ1) is 7.40. The van der Waals surface area contributed by atoms with Crippen molar-refractivity contribution in [2.24, 2.45) is 0 Å². The lowest BCUT2D eigenvalue weighted by atomic mass is 10.3. The molecule has 2 aromatic heterocycles. The Morgan fingerprint density at radius 1 is 1.40 bits per heavy atom. The first-order valence-electron chi connectivity index (χ1n) is 4.36. The van der Waals surface area contributed by atoms with Gasteiger partial charge in [-0.1, -0.05) is 0 Å². The molecule has 2 rings (SSSR count). The average Bonchev–Trinajstić information content (AvgIpc) is 2.79. The summed E-state index contributed by atoms with van der Waals surface area (Å²) >= 11 is 0. The molecule has 5 heteroatoms. The molecule has 15 heavy (non-hydrogen) atoms. The van der Waals surface area contributed by atoms with Gasteiger partial charge in [-0.15, -0.1) is 0 Å². The third-order valence-electron chi connectivity index (χ3n) is 1.84. The minimum atomic E-state index is 0.293. The Hall–Kier alpha value is -2.35. The number of rotatable bonds is 3. The van der Waals surface area contributed by atoms with Crippen molar-refractivity contribution in [1.82, 2.24) is 9.97 Å². The molecule has 0 aromatic carbocycles. The molecule has 1 N–H and O–H groups in total. The molecular formula is C10H8N4O. The summed E-state index contributed by atoms with van der Waals surface area (Å²) in [6.45, 7) is 0.559. The van der Waals surface area contributed by atoms with Crippen LogP contribution in [0.4, 0.5) is 5.82 Å². The van der Waals surface area contributed by atoms with Gasteiger partial charge >= 0.3 is 0 Å². The van der Waals surface area contributed by atoms with Crippen molar-refractivity contribution in [3.05, 3.63) is 42.2 Å². The Morgan fingerprint density at radius 3 is 3.00 bits per heavy atom. The fourth-order valence-corrected chi connectivity index (χ4v) is 1.13. The molecule has 0 fully saturated rings. The predicted octanol–water partition coefficient (Wildman–Crippen LogP) is 1.55. The van der Waals surface area contributed by atoms with Crippen LogP contribution in [0.3, 0.4) is 0 Å². The largest absolute Gasteiger partial charge is 0.472 e. The minimum Gasteiger partial charge on any atom is -0.472 e. The maximum absolute atomic E-state index is 8.76. The Morgan fingerprint density at radius 2 is 2.27 bits per heavy atom. The maximum atomic E-state index is 8.76. The van der Waals surface area contributed by atoms with Gasteiger partial charge in [-0.25, -0.2) is 9.97 Å². The van der Waals surface area contributed by atoms with E-state index in [0.717, 1.165) is 5.56 Å². The van der Waals surface area contributed by atoms with E-state index in [2.05, 4.69) is 15.3 Å². The summed E-state index contributed by atoms with van der Waals surface area (Å²) in [5.74, 6) is 0.487. The Balaban J connectivity index is 2.08. The summed E-state index contributed by atoms with van der Waals surface area (Å²) in [7, 11) is 0. The lowest BCUT2D eigenvalue weighted by Crippen LogP contribution is -2.03. The average molecular weight is 200 g/mol. The van der Waals surface area contributed by atoms with Crippen LogP contribution in [0.5, 0.6) is 0 Å². The number of anilines is 1. The first kappa shape index (κ1) is 9.21. The van der Waals surface area contributed by atoms with Crippen LogP contribution in [0.15, 0.2) is 35.4 Å². The Labute approximate surface area is 86.4 Å². The highest BCUT2D eigenvalue weighted by molar-refractivity contribution is 5.46. The van der Waals surface area contributed by atoms with Crippen LogP contribution >= 0.6 is 0 Å². The van der Waals surface area contributed by atoms with E-state index in [4.69, 9.17) is 9.68 Å². The molecule has 2 aromatic rings. The topological polar surface area (TPSA) is 74.7 Å². The molecule has 0 amide bonds. The molecule has 0 atom stereocenters. The third kappa shape index (κ3) is 2.11. The van der Waals surface area contributed by atoms with E-state index >= 15 is 0 Å². The highest BCUT2D eigenvalue weighted by Crippen LogP contribution is 2.09. The van der Waals surface area contributed by atoms with Crippen molar-refractivity contribution < 1.29 is 4.42 Å². The van der Waals surface area contributed by atoms with Gasteiger partial charge in [0.2, 0.25) is 0 Å². The quantitative estimate of drug-likeness (QED) is 0.813. The van der Waals surface area contributed by atoms with Gasteiger partial charge in [0.25, 0.3) is 0 Å². The van der Waals surface area contributed by atoms with Gasteiger partial charge in [0.1, 0.15) is 6.07 Å². The molecule has 0 radical (unpaired) electrons. The Kier molecular flexibility index (Phi) is 2.61. The van der Waals surface area contributed by atoms with Crippen LogP contribution in [-0.4, -0.2) is 9.97 Å². The van der Waals surface area contributed by atoms with Gasteiger partial charge < -0.3 is 9.73 Å². The molecule has 0 aliphatic carbocycles. The molecule has 0 aliphatic heterocycles. The molecule has 0 bridgehead atoms. The second-order valence-corrected chi connectivity index (χ2v) is 2.85. The SMILES string of the molecule is N#Cc1nccnc1NCc1ccoc1. The summed E-state index contributed by atoms with van der Waals surface area (Å²) in [6, 6.07) is 3.81. The van der Waals surface area contributed by atoms with E-state index in [-0.39, 0.29) is 0 Å². The zero-order valence-electron chi connectivity index (χ0n) is 7.84. The predicted molar refractivity (Wildman–Crippen MR) is 52.8 cm³/mol. The molecular weight excluding hydrogens is 192 g/mol. The van der Waals surface area contributed by atoms with Crippen LogP contribution in [-0.2, 0) is 6.54 Å². The summed E-state index contributed by atoms with van der Waals surface area (Å²) < 4.78 is 4.92. The molecule has 2 heterocycles. The molecule has 0 saturated carbocycles. The van der Waals surface area contributed by atoms with E-state index in [1.165, 1.54) is 6.20 Å². The lowest BCUT2D eigenvalue weighted by molar-refractivity contribution is 0.564. The van der Waals surface area contributed by atoms with Gasteiger partial charge in [-0.2, -0.15) is 5.26 Å². The fraction of sp³-hybridized carbons (Fsp3) is 0.100. The number of aromatic nitrogens is 2. The minimum absolute atomic E-state index is 0.293. The third-order valence-corrected chi connectivity index (χ3v) is 1.84. The fourth-order valence-electron chi connectivity index (χ4n) is 1.13. The highest BCUT2D eigenvalue weighted by Gasteiger charge is 2.03. The molecule has 0 saturated heterocycles. The van der Waals surface area contributed by atoms with E-state index in [1.54, 1.807) is 18.7 Å². The van der Waals surface area contributed by atoms with Gasteiger partial charge in [0, 0.05) is 24.5 Å². The number of furan rings is 1. The van der Waals surface area contributed by atoms with Crippen LogP contribution in [0.2, 0.25) is 0 Å². The highest BCUT2D eigenvalue weighted by atomic mass is 16.3. The second-order valence-electron chi connectivity index (χ2n) is 2.85. The monoisotopic (exact) mass is 200 g/mol. The molecule has 74 valence electrons. The van der Waals surface area contributed by atoms with Gasteiger partial charge in [0.15, 0.2) is 11.5 Å². The summed E-state index contributed by atoms with van der Waals surface area (Å²) in [5.41, 5.74) is 1.28. The van der Waals surface area contributed by atoms with E-state index in [1.807, 2.05) is 12.1 Å². The van der Waals surface area contributed by atoms with Crippen LogP contribution in [0.1, 0.15) is 11.3 Å². The lowest BCUT2D eigenvalue weighted by Gasteiger charge is -2.03. The number of nitriles is 1.